The number of esters is 2. The van der Waals surface area contributed by atoms with Crippen molar-refractivity contribution >= 4 is 11.9 Å². The van der Waals surface area contributed by atoms with Crippen LogP contribution in [-0.4, -0.2) is 38.9 Å². The van der Waals surface area contributed by atoms with Gasteiger partial charge in [-0.1, -0.05) is 27.7 Å². The van der Waals surface area contributed by atoms with Crippen molar-refractivity contribution in [2.24, 2.45) is 11.3 Å². The molecule has 0 aromatic carbocycles. The summed E-state index contributed by atoms with van der Waals surface area (Å²) >= 11 is 0. The van der Waals surface area contributed by atoms with Gasteiger partial charge in [-0.25, -0.2) is 0 Å². The van der Waals surface area contributed by atoms with Crippen molar-refractivity contribution < 1.29 is 23.8 Å². The van der Waals surface area contributed by atoms with E-state index in [2.05, 4.69) is 6.92 Å². The third kappa shape index (κ3) is 6.34. The number of hydrogen-bond donors (Lipinski definition) is 0. The first-order chi connectivity index (χ1) is 10.5. The molecule has 0 aromatic rings. The smallest absolute Gasteiger partial charge is 0.323 e. The summed E-state index contributed by atoms with van der Waals surface area (Å²) < 4.78 is 15.6. The lowest BCUT2D eigenvalue weighted by atomic mass is 9.82. The van der Waals surface area contributed by atoms with E-state index in [-0.39, 0.29) is 0 Å². The van der Waals surface area contributed by atoms with E-state index < -0.39 is 17.4 Å². The highest BCUT2D eigenvalue weighted by Crippen LogP contribution is 2.30. The lowest BCUT2D eigenvalue weighted by molar-refractivity contribution is -0.173. The Hall–Kier alpha value is -1.10. The molecule has 0 saturated carbocycles. The van der Waals surface area contributed by atoms with Crippen LogP contribution in [0.3, 0.4) is 0 Å². The van der Waals surface area contributed by atoms with Crippen LogP contribution in [0.1, 0.15) is 59.8 Å². The van der Waals surface area contributed by atoms with Gasteiger partial charge in [0.1, 0.15) is 0 Å². The summed E-state index contributed by atoms with van der Waals surface area (Å²) in [7, 11) is 1.67. The highest BCUT2D eigenvalue weighted by atomic mass is 16.6. The Kier molecular flexibility index (Phi) is 10.9. The summed E-state index contributed by atoms with van der Waals surface area (Å²) in [5.74, 6) is -0.508. The number of methoxy groups -OCH3 is 1. The maximum absolute atomic E-state index is 12.4. The molecule has 1 atom stereocenters. The third-order valence-corrected chi connectivity index (χ3v) is 4.08. The van der Waals surface area contributed by atoms with Gasteiger partial charge < -0.3 is 14.2 Å². The van der Waals surface area contributed by atoms with E-state index in [1.807, 2.05) is 20.8 Å². The second kappa shape index (κ2) is 11.5. The second-order valence-electron chi connectivity index (χ2n) is 5.74. The Labute approximate surface area is 134 Å². The van der Waals surface area contributed by atoms with Crippen molar-refractivity contribution in [3.05, 3.63) is 0 Å². The summed E-state index contributed by atoms with van der Waals surface area (Å²) in [5, 5.41) is 0. The molecule has 0 aliphatic carbocycles. The maximum Gasteiger partial charge on any atom is 0.323 e. The van der Waals surface area contributed by atoms with Crippen LogP contribution < -0.4 is 0 Å². The molecule has 0 fully saturated rings. The number of ether oxygens (including phenoxy) is 3. The van der Waals surface area contributed by atoms with Crippen molar-refractivity contribution in [2.45, 2.75) is 59.8 Å². The number of rotatable bonds is 12. The van der Waals surface area contributed by atoms with E-state index in [0.29, 0.717) is 38.6 Å². The Morgan fingerprint density at radius 2 is 1.41 bits per heavy atom. The van der Waals surface area contributed by atoms with Gasteiger partial charge in [0.25, 0.3) is 0 Å². The fourth-order valence-electron chi connectivity index (χ4n) is 2.20. The van der Waals surface area contributed by atoms with Crippen LogP contribution in [0, 0.1) is 11.3 Å². The topological polar surface area (TPSA) is 61.8 Å². The van der Waals surface area contributed by atoms with Crippen molar-refractivity contribution in [1.82, 2.24) is 0 Å². The molecular weight excluding hydrogens is 284 g/mol. The largest absolute Gasteiger partial charge is 0.465 e. The summed E-state index contributed by atoms with van der Waals surface area (Å²) in [5.41, 5.74) is -1.16. The van der Waals surface area contributed by atoms with Crippen LogP contribution in [-0.2, 0) is 23.8 Å². The standard InChI is InChI=1S/C17H32O5/c1-6-11-21-15(18)17(7-2,8-3)16(19)22-13-10-14(4)9-12-20-5/h14H,6-13H2,1-5H3. The van der Waals surface area contributed by atoms with Crippen LogP contribution in [0.25, 0.3) is 0 Å². The zero-order valence-electron chi connectivity index (χ0n) is 14.8. The minimum Gasteiger partial charge on any atom is -0.465 e. The van der Waals surface area contributed by atoms with Crippen molar-refractivity contribution in [2.75, 3.05) is 26.9 Å². The minimum absolute atomic E-state index is 0.326. The molecule has 5 nitrogen and oxygen atoms in total. The first-order valence-electron chi connectivity index (χ1n) is 8.31. The van der Waals surface area contributed by atoms with Gasteiger partial charge in [-0.15, -0.1) is 0 Å². The van der Waals surface area contributed by atoms with E-state index in [4.69, 9.17) is 14.2 Å². The quantitative estimate of drug-likeness (QED) is 0.408. The molecule has 0 aromatic heterocycles. The molecule has 0 spiro atoms. The number of carbonyl (C=O) groups excluding carboxylic acids is 2. The molecule has 0 amide bonds. The fraction of sp³-hybridized carbons (Fsp3) is 0.882. The van der Waals surface area contributed by atoms with Crippen LogP contribution in [0.2, 0.25) is 0 Å². The molecule has 0 aliphatic rings. The Bertz CT molecular complexity index is 323. The Balaban J connectivity index is 4.50. The normalized spacial score (nSPS) is 12.8. The van der Waals surface area contributed by atoms with Crippen LogP contribution in [0.5, 0.6) is 0 Å². The fourth-order valence-corrected chi connectivity index (χ4v) is 2.20. The van der Waals surface area contributed by atoms with E-state index in [0.717, 1.165) is 19.3 Å². The SMILES string of the molecule is CCCOC(=O)C(CC)(CC)C(=O)OCCC(C)CCOC. The van der Waals surface area contributed by atoms with E-state index in [9.17, 15) is 9.59 Å². The first-order valence-corrected chi connectivity index (χ1v) is 8.31. The molecule has 130 valence electrons. The lowest BCUT2D eigenvalue weighted by Crippen LogP contribution is -2.41. The zero-order valence-corrected chi connectivity index (χ0v) is 14.8. The molecule has 1 unspecified atom stereocenters. The predicted octanol–water partition coefficient (Wildman–Crippen LogP) is 3.35. The Morgan fingerprint density at radius 3 is 1.86 bits per heavy atom. The average molecular weight is 316 g/mol. The molecule has 0 heterocycles. The third-order valence-electron chi connectivity index (χ3n) is 4.08. The molecule has 0 aliphatic heterocycles. The van der Waals surface area contributed by atoms with E-state index in [1.54, 1.807) is 7.11 Å². The van der Waals surface area contributed by atoms with Gasteiger partial charge in [-0.05, 0) is 38.0 Å². The van der Waals surface area contributed by atoms with Gasteiger partial charge >= 0.3 is 11.9 Å². The maximum atomic E-state index is 12.4. The first kappa shape index (κ1) is 20.9. The predicted molar refractivity (Wildman–Crippen MR) is 85.5 cm³/mol. The number of hydrogen-bond acceptors (Lipinski definition) is 5. The molecule has 0 N–H and O–H groups in total. The molecule has 5 heteroatoms. The Morgan fingerprint density at radius 1 is 0.909 bits per heavy atom. The highest BCUT2D eigenvalue weighted by Gasteiger charge is 2.45. The molecular formula is C17H32O5. The molecule has 0 bridgehead atoms. The van der Waals surface area contributed by atoms with E-state index in [1.165, 1.54) is 0 Å². The van der Waals surface area contributed by atoms with Gasteiger partial charge in [-0.3, -0.25) is 9.59 Å². The summed E-state index contributed by atoms with van der Waals surface area (Å²) in [4.78, 5) is 24.6. The summed E-state index contributed by atoms with van der Waals surface area (Å²) in [6.45, 7) is 9.01. The highest BCUT2D eigenvalue weighted by molar-refractivity contribution is 5.99. The second-order valence-corrected chi connectivity index (χ2v) is 5.74. The average Bonchev–Trinajstić information content (AvgIpc) is 2.52. The minimum atomic E-state index is -1.16. The van der Waals surface area contributed by atoms with E-state index >= 15 is 0 Å². The van der Waals surface area contributed by atoms with Crippen molar-refractivity contribution in [3.63, 3.8) is 0 Å². The number of carbonyl (C=O) groups is 2. The zero-order chi connectivity index (χ0) is 17.0. The van der Waals surface area contributed by atoms with Gasteiger partial charge in [-0.2, -0.15) is 0 Å². The molecule has 0 saturated heterocycles. The van der Waals surface area contributed by atoms with Crippen molar-refractivity contribution in [1.29, 1.82) is 0 Å². The molecule has 22 heavy (non-hydrogen) atoms. The van der Waals surface area contributed by atoms with Gasteiger partial charge in [0.2, 0.25) is 0 Å². The van der Waals surface area contributed by atoms with Gasteiger partial charge in [0.15, 0.2) is 5.41 Å². The molecule has 0 rings (SSSR count). The van der Waals surface area contributed by atoms with Crippen LogP contribution in [0.4, 0.5) is 0 Å². The van der Waals surface area contributed by atoms with Gasteiger partial charge in [0, 0.05) is 13.7 Å². The monoisotopic (exact) mass is 316 g/mol. The van der Waals surface area contributed by atoms with Gasteiger partial charge in [0.05, 0.1) is 13.2 Å². The lowest BCUT2D eigenvalue weighted by Gasteiger charge is -2.27. The summed E-state index contributed by atoms with van der Waals surface area (Å²) in [6.07, 6.45) is 3.22. The van der Waals surface area contributed by atoms with Crippen molar-refractivity contribution in [3.8, 4) is 0 Å². The van der Waals surface area contributed by atoms with Crippen LogP contribution in [0.15, 0.2) is 0 Å². The summed E-state index contributed by atoms with van der Waals surface area (Å²) in [6, 6.07) is 0. The van der Waals surface area contributed by atoms with Crippen LogP contribution >= 0.6 is 0 Å². The molecule has 0 radical (unpaired) electrons.